The molecule has 0 aromatic carbocycles. The Morgan fingerprint density at radius 1 is 1.19 bits per heavy atom. The summed E-state index contributed by atoms with van der Waals surface area (Å²) in [5.74, 6) is 0.443. The quantitative estimate of drug-likeness (QED) is 0.626. The minimum atomic E-state index is 0.443. The van der Waals surface area contributed by atoms with Gasteiger partial charge in [-0.05, 0) is 31.5 Å². The summed E-state index contributed by atoms with van der Waals surface area (Å²) in [5, 5.41) is 7.15. The first-order valence-corrected chi connectivity index (χ1v) is 6.41. The van der Waals surface area contributed by atoms with E-state index in [9.17, 15) is 0 Å². The highest BCUT2D eigenvalue weighted by molar-refractivity contribution is 5.55. The summed E-state index contributed by atoms with van der Waals surface area (Å²) >= 11 is 0. The Hall–Kier alpha value is -0.450. The van der Waals surface area contributed by atoms with Crippen molar-refractivity contribution < 1.29 is 0 Å². The van der Waals surface area contributed by atoms with Crippen LogP contribution in [0.2, 0.25) is 0 Å². The lowest BCUT2D eigenvalue weighted by Gasteiger charge is -2.34. The minimum absolute atomic E-state index is 0.443. The molecule has 4 nitrogen and oxygen atoms in total. The third-order valence-corrected chi connectivity index (χ3v) is 3.33. The fourth-order valence-electron chi connectivity index (χ4n) is 2.14. The van der Waals surface area contributed by atoms with Crippen molar-refractivity contribution in [3.8, 4) is 0 Å². The summed E-state index contributed by atoms with van der Waals surface area (Å²) in [4.78, 5) is 4.97. The third-order valence-electron chi connectivity index (χ3n) is 3.33. The van der Waals surface area contributed by atoms with E-state index >= 15 is 0 Å². The van der Waals surface area contributed by atoms with E-state index in [4.69, 9.17) is 11.1 Å². The molecule has 1 rings (SSSR count). The third kappa shape index (κ3) is 5.05. The number of hydrogen-bond acceptors (Lipinski definition) is 4. The summed E-state index contributed by atoms with van der Waals surface area (Å²) < 4.78 is 0. The zero-order chi connectivity index (χ0) is 11.8. The van der Waals surface area contributed by atoms with Gasteiger partial charge in [-0.1, -0.05) is 6.92 Å². The van der Waals surface area contributed by atoms with Gasteiger partial charge < -0.3 is 16.0 Å². The molecule has 0 spiro atoms. The molecule has 16 heavy (non-hydrogen) atoms. The van der Waals surface area contributed by atoms with Crippen LogP contribution in [0.25, 0.3) is 0 Å². The molecule has 1 unspecified atom stereocenters. The first-order valence-electron chi connectivity index (χ1n) is 6.41. The van der Waals surface area contributed by atoms with Crippen molar-refractivity contribution in [2.75, 3.05) is 45.8 Å². The van der Waals surface area contributed by atoms with Crippen LogP contribution in [-0.4, -0.2) is 61.8 Å². The van der Waals surface area contributed by atoms with Gasteiger partial charge in [-0.25, -0.2) is 0 Å². The predicted octanol–water partition coefficient (Wildman–Crippen LogP) is 0.629. The first-order chi connectivity index (χ1) is 7.76. The second-order valence-electron chi connectivity index (χ2n) is 4.76. The highest BCUT2D eigenvalue weighted by Crippen LogP contribution is 2.06. The molecule has 3 N–H and O–H groups in total. The van der Waals surface area contributed by atoms with Crippen LogP contribution in [0.1, 0.15) is 19.8 Å². The predicted molar refractivity (Wildman–Crippen MR) is 69.1 cm³/mol. The number of rotatable bonds is 7. The molecular formula is C12H26N4. The Bertz CT molecular complexity index is 187. The van der Waals surface area contributed by atoms with Crippen LogP contribution in [0.3, 0.4) is 0 Å². The molecule has 1 atom stereocenters. The lowest BCUT2D eigenvalue weighted by molar-refractivity contribution is 0.133. The highest BCUT2D eigenvalue weighted by Gasteiger charge is 2.15. The van der Waals surface area contributed by atoms with Crippen molar-refractivity contribution in [2.45, 2.75) is 19.8 Å². The second kappa shape index (κ2) is 7.76. The monoisotopic (exact) mass is 226 g/mol. The van der Waals surface area contributed by atoms with E-state index in [-0.39, 0.29) is 0 Å². The molecule has 1 aliphatic rings. The van der Waals surface area contributed by atoms with E-state index in [1.165, 1.54) is 26.1 Å². The molecule has 4 heteroatoms. The first kappa shape index (κ1) is 13.6. The Labute approximate surface area is 99.3 Å². The lowest BCUT2D eigenvalue weighted by Crippen LogP contribution is -2.47. The maximum Gasteiger partial charge on any atom is 0.0110 e. The van der Waals surface area contributed by atoms with Crippen LogP contribution in [0.4, 0.5) is 0 Å². The van der Waals surface area contributed by atoms with E-state index in [2.05, 4.69) is 16.7 Å². The number of nitrogens with two attached hydrogens (primary N) is 1. The molecule has 0 aromatic heterocycles. The van der Waals surface area contributed by atoms with Crippen LogP contribution >= 0.6 is 0 Å². The summed E-state index contributed by atoms with van der Waals surface area (Å²) in [6.45, 7) is 9.81. The smallest absolute Gasteiger partial charge is 0.0110 e. The van der Waals surface area contributed by atoms with Crippen LogP contribution < -0.4 is 5.73 Å². The zero-order valence-electron chi connectivity index (χ0n) is 10.5. The average Bonchev–Trinajstić information content (AvgIpc) is 2.31. The Kier molecular flexibility index (Phi) is 6.61. The number of nitrogens with one attached hydrogen (secondary N) is 1. The van der Waals surface area contributed by atoms with Gasteiger partial charge in [0, 0.05) is 39.3 Å². The molecule has 1 saturated heterocycles. The number of piperazine rings is 1. The summed E-state index contributed by atoms with van der Waals surface area (Å²) in [6.07, 6.45) is 3.92. The zero-order valence-corrected chi connectivity index (χ0v) is 10.5. The summed E-state index contributed by atoms with van der Waals surface area (Å²) in [7, 11) is 0. The lowest BCUT2D eigenvalue weighted by atomic mass is 10.1. The van der Waals surface area contributed by atoms with Gasteiger partial charge >= 0.3 is 0 Å². The van der Waals surface area contributed by atoms with Gasteiger partial charge in [0.15, 0.2) is 0 Å². The molecule has 1 fully saturated rings. The molecule has 1 aliphatic heterocycles. The Balaban J connectivity index is 2.05. The molecule has 0 amide bonds. The SMILES string of the molecule is CC(C=N)CCCN1CCN(CCN)CC1. The second-order valence-corrected chi connectivity index (χ2v) is 4.76. The fraction of sp³-hybridized carbons (Fsp3) is 0.917. The van der Waals surface area contributed by atoms with Gasteiger partial charge in [-0.2, -0.15) is 0 Å². The van der Waals surface area contributed by atoms with Gasteiger partial charge in [0.25, 0.3) is 0 Å². The molecule has 94 valence electrons. The number of hydrogen-bond donors (Lipinski definition) is 2. The van der Waals surface area contributed by atoms with Gasteiger partial charge in [0.1, 0.15) is 0 Å². The summed E-state index contributed by atoms with van der Waals surface area (Å²) in [5.41, 5.74) is 5.55. The van der Waals surface area contributed by atoms with Crippen molar-refractivity contribution >= 4 is 6.21 Å². The molecular weight excluding hydrogens is 200 g/mol. The Morgan fingerprint density at radius 3 is 2.25 bits per heavy atom. The Morgan fingerprint density at radius 2 is 1.75 bits per heavy atom. The van der Waals surface area contributed by atoms with Crippen molar-refractivity contribution in [3.63, 3.8) is 0 Å². The van der Waals surface area contributed by atoms with Crippen LogP contribution in [0.15, 0.2) is 0 Å². The van der Waals surface area contributed by atoms with Crippen molar-refractivity contribution in [1.29, 1.82) is 5.41 Å². The molecule has 0 bridgehead atoms. The molecule has 0 radical (unpaired) electrons. The van der Waals surface area contributed by atoms with E-state index in [0.717, 1.165) is 32.6 Å². The standard InChI is InChI=1S/C12H26N4/c1-12(11-14)3-2-5-15-7-9-16(6-4-13)10-8-15/h11-12,14H,2-10,13H2,1H3. The molecule has 1 heterocycles. The topological polar surface area (TPSA) is 56.4 Å². The van der Waals surface area contributed by atoms with Gasteiger partial charge in [0.2, 0.25) is 0 Å². The summed E-state index contributed by atoms with van der Waals surface area (Å²) in [6, 6.07) is 0. The highest BCUT2D eigenvalue weighted by atomic mass is 15.3. The minimum Gasteiger partial charge on any atom is -0.329 e. The van der Waals surface area contributed by atoms with Crippen LogP contribution in [-0.2, 0) is 0 Å². The van der Waals surface area contributed by atoms with Gasteiger partial charge in [-0.3, -0.25) is 4.90 Å². The molecule has 0 aromatic rings. The molecule has 0 saturated carbocycles. The largest absolute Gasteiger partial charge is 0.329 e. The van der Waals surface area contributed by atoms with Gasteiger partial charge in [-0.15, -0.1) is 0 Å². The van der Waals surface area contributed by atoms with E-state index in [1.807, 2.05) is 0 Å². The van der Waals surface area contributed by atoms with Crippen molar-refractivity contribution in [1.82, 2.24) is 9.80 Å². The van der Waals surface area contributed by atoms with E-state index in [1.54, 1.807) is 6.21 Å². The normalized spacial score (nSPS) is 20.9. The van der Waals surface area contributed by atoms with E-state index < -0.39 is 0 Å². The maximum atomic E-state index is 7.15. The van der Waals surface area contributed by atoms with Crippen LogP contribution in [0.5, 0.6) is 0 Å². The average molecular weight is 226 g/mol. The molecule has 0 aliphatic carbocycles. The van der Waals surface area contributed by atoms with Crippen molar-refractivity contribution in [3.05, 3.63) is 0 Å². The van der Waals surface area contributed by atoms with Crippen LogP contribution in [0, 0.1) is 11.3 Å². The van der Waals surface area contributed by atoms with E-state index in [0.29, 0.717) is 5.92 Å². The van der Waals surface area contributed by atoms with Crippen molar-refractivity contribution in [2.24, 2.45) is 11.7 Å². The number of nitrogens with zero attached hydrogens (tertiary/aromatic N) is 2. The fourth-order valence-corrected chi connectivity index (χ4v) is 2.14. The van der Waals surface area contributed by atoms with Gasteiger partial charge in [0.05, 0.1) is 0 Å². The maximum absolute atomic E-state index is 7.15.